The van der Waals surface area contributed by atoms with Crippen LogP contribution in [0.3, 0.4) is 0 Å². The maximum atomic E-state index is 4.21. The van der Waals surface area contributed by atoms with Crippen molar-refractivity contribution in [2.24, 2.45) is 11.3 Å². The zero-order valence-electron chi connectivity index (χ0n) is 11.2. The molecule has 0 aliphatic heterocycles. The topological polar surface area (TPSA) is 24.9 Å². The smallest absolute Gasteiger partial charge is 0.0300 e. The van der Waals surface area contributed by atoms with Gasteiger partial charge in [0.15, 0.2) is 0 Å². The second kappa shape index (κ2) is 5.18. The van der Waals surface area contributed by atoms with E-state index in [0.29, 0.717) is 11.5 Å². The summed E-state index contributed by atoms with van der Waals surface area (Å²) in [6.07, 6.45) is 7.52. The molecular weight excluding hydrogens is 208 g/mol. The Bertz CT molecular complexity index is 345. The van der Waals surface area contributed by atoms with E-state index in [9.17, 15) is 0 Å². The van der Waals surface area contributed by atoms with Crippen LogP contribution in [0.15, 0.2) is 24.5 Å². The van der Waals surface area contributed by atoms with Crippen molar-refractivity contribution in [3.05, 3.63) is 30.1 Å². The molecule has 0 aromatic carbocycles. The monoisotopic (exact) mass is 232 g/mol. The van der Waals surface area contributed by atoms with Crippen LogP contribution in [0.5, 0.6) is 0 Å². The lowest BCUT2D eigenvalue weighted by Crippen LogP contribution is -2.35. The largest absolute Gasteiger partial charge is 0.313 e. The molecule has 0 saturated heterocycles. The number of rotatable bonds is 6. The predicted molar refractivity (Wildman–Crippen MR) is 71.9 cm³/mol. The van der Waals surface area contributed by atoms with Gasteiger partial charge in [0.05, 0.1) is 0 Å². The maximum absolute atomic E-state index is 4.21. The number of nitrogens with one attached hydrogen (secondary N) is 1. The van der Waals surface area contributed by atoms with E-state index in [1.54, 1.807) is 0 Å². The molecule has 17 heavy (non-hydrogen) atoms. The lowest BCUT2D eigenvalue weighted by molar-refractivity contribution is 0.402. The number of hydrogen-bond acceptors (Lipinski definition) is 2. The first kappa shape index (κ1) is 12.6. The number of hydrogen-bond donors (Lipinski definition) is 1. The quantitative estimate of drug-likeness (QED) is 0.815. The fourth-order valence-electron chi connectivity index (χ4n) is 2.65. The van der Waals surface area contributed by atoms with Crippen LogP contribution < -0.4 is 5.32 Å². The number of nitrogens with zero attached hydrogens (tertiary/aromatic N) is 1. The van der Waals surface area contributed by atoms with Gasteiger partial charge in [-0.05, 0) is 48.8 Å². The van der Waals surface area contributed by atoms with Gasteiger partial charge in [-0.25, -0.2) is 0 Å². The van der Waals surface area contributed by atoms with Gasteiger partial charge >= 0.3 is 0 Å². The van der Waals surface area contributed by atoms with Crippen molar-refractivity contribution in [3.63, 3.8) is 0 Å². The zero-order chi connectivity index (χ0) is 12.3. The molecule has 0 bridgehead atoms. The van der Waals surface area contributed by atoms with Crippen molar-refractivity contribution in [2.45, 2.75) is 46.1 Å². The average Bonchev–Trinajstić information content (AvgIpc) is 2.95. The minimum Gasteiger partial charge on any atom is -0.313 e. The van der Waals surface area contributed by atoms with E-state index < -0.39 is 0 Å². The molecule has 1 aromatic rings. The Morgan fingerprint density at radius 1 is 1.53 bits per heavy atom. The van der Waals surface area contributed by atoms with Gasteiger partial charge in [0.1, 0.15) is 0 Å². The minimum atomic E-state index is 0.535. The van der Waals surface area contributed by atoms with E-state index in [0.717, 1.165) is 18.9 Å². The highest BCUT2D eigenvalue weighted by Crippen LogP contribution is 2.54. The molecule has 1 saturated carbocycles. The van der Waals surface area contributed by atoms with Crippen LogP contribution in [0.1, 0.15) is 39.2 Å². The van der Waals surface area contributed by atoms with Crippen LogP contribution in [0.4, 0.5) is 0 Å². The Kier molecular flexibility index (Phi) is 3.82. The molecular formula is C15H24N2. The van der Waals surface area contributed by atoms with Gasteiger partial charge < -0.3 is 5.32 Å². The number of pyridine rings is 1. The lowest BCUT2D eigenvalue weighted by atomic mass is 9.98. The average molecular weight is 232 g/mol. The summed E-state index contributed by atoms with van der Waals surface area (Å²) in [5, 5.41) is 3.71. The van der Waals surface area contributed by atoms with E-state index in [1.807, 2.05) is 18.5 Å². The molecule has 1 fully saturated rings. The molecule has 2 heteroatoms. The van der Waals surface area contributed by atoms with Crippen molar-refractivity contribution in [1.29, 1.82) is 0 Å². The summed E-state index contributed by atoms with van der Waals surface area (Å²) in [5.74, 6) is 0.828. The Balaban J connectivity index is 1.97. The summed E-state index contributed by atoms with van der Waals surface area (Å²) >= 11 is 0. The molecule has 1 aliphatic rings. The van der Waals surface area contributed by atoms with E-state index >= 15 is 0 Å². The molecule has 1 heterocycles. The van der Waals surface area contributed by atoms with Crippen LogP contribution in [0.25, 0.3) is 0 Å². The highest BCUT2D eigenvalue weighted by atomic mass is 14.9. The van der Waals surface area contributed by atoms with Crippen molar-refractivity contribution in [3.8, 4) is 0 Å². The third-order valence-corrected chi connectivity index (χ3v) is 3.91. The van der Waals surface area contributed by atoms with Gasteiger partial charge in [-0.3, -0.25) is 4.98 Å². The molecule has 1 aliphatic carbocycles. The van der Waals surface area contributed by atoms with Crippen LogP contribution in [-0.2, 0) is 6.42 Å². The molecule has 2 nitrogen and oxygen atoms in total. The van der Waals surface area contributed by atoms with E-state index in [1.165, 1.54) is 18.4 Å². The molecule has 0 spiro atoms. The molecule has 2 rings (SSSR count). The first-order valence-corrected chi connectivity index (χ1v) is 6.76. The second-order valence-electron chi connectivity index (χ2n) is 5.93. The zero-order valence-corrected chi connectivity index (χ0v) is 11.2. The fraction of sp³-hybridized carbons (Fsp3) is 0.667. The first-order chi connectivity index (χ1) is 8.13. The van der Waals surface area contributed by atoms with Crippen LogP contribution in [0, 0.1) is 11.3 Å². The summed E-state index contributed by atoms with van der Waals surface area (Å²) in [4.78, 5) is 4.21. The molecule has 2 atom stereocenters. The standard InChI is InChI=1S/C15H24N2/c1-4-7-17-14(13-10-15(13,2)3)9-12-6-5-8-16-11-12/h5-6,8,11,13-14,17H,4,7,9-10H2,1-3H3. The highest BCUT2D eigenvalue weighted by molar-refractivity contribution is 5.13. The van der Waals surface area contributed by atoms with Crippen molar-refractivity contribution < 1.29 is 0 Å². The van der Waals surface area contributed by atoms with Crippen molar-refractivity contribution in [1.82, 2.24) is 10.3 Å². The van der Waals surface area contributed by atoms with Crippen LogP contribution in [-0.4, -0.2) is 17.6 Å². The van der Waals surface area contributed by atoms with Crippen LogP contribution in [0.2, 0.25) is 0 Å². The predicted octanol–water partition coefficient (Wildman–Crippen LogP) is 3.04. The Morgan fingerprint density at radius 3 is 2.82 bits per heavy atom. The van der Waals surface area contributed by atoms with Crippen molar-refractivity contribution >= 4 is 0 Å². The summed E-state index contributed by atoms with van der Waals surface area (Å²) in [6, 6.07) is 4.84. The van der Waals surface area contributed by atoms with Gasteiger partial charge in [0.2, 0.25) is 0 Å². The van der Waals surface area contributed by atoms with E-state index in [-0.39, 0.29) is 0 Å². The van der Waals surface area contributed by atoms with Gasteiger partial charge in [0.25, 0.3) is 0 Å². The summed E-state index contributed by atoms with van der Waals surface area (Å²) in [7, 11) is 0. The second-order valence-corrected chi connectivity index (χ2v) is 5.93. The van der Waals surface area contributed by atoms with E-state index in [4.69, 9.17) is 0 Å². The SMILES string of the molecule is CCCNC(Cc1cccnc1)C1CC1(C)C. The van der Waals surface area contributed by atoms with E-state index in [2.05, 4.69) is 37.1 Å². The Hall–Kier alpha value is -0.890. The molecule has 0 radical (unpaired) electrons. The molecule has 2 unspecified atom stereocenters. The van der Waals surface area contributed by atoms with Gasteiger partial charge in [-0.2, -0.15) is 0 Å². The van der Waals surface area contributed by atoms with Crippen molar-refractivity contribution in [2.75, 3.05) is 6.54 Å². The van der Waals surface area contributed by atoms with Gasteiger partial charge in [-0.1, -0.05) is 26.8 Å². The minimum absolute atomic E-state index is 0.535. The summed E-state index contributed by atoms with van der Waals surface area (Å²) in [5.41, 5.74) is 1.89. The summed E-state index contributed by atoms with van der Waals surface area (Å²) in [6.45, 7) is 8.10. The van der Waals surface area contributed by atoms with Crippen LogP contribution >= 0.6 is 0 Å². The number of aromatic nitrogens is 1. The Labute approximate surface area is 105 Å². The normalized spacial score (nSPS) is 23.4. The summed E-state index contributed by atoms with van der Waals surface area (Å²) < 4.78 is 0. The molecule has 1 aromatic heterocycles. The third kappa shape index (κ3) is 3.29. The third-order valence-electron chi connectivity index (χ3n) is 3.91. The molecule has 0 amide bonds. The fourth-order valence-corrected chi connectivity index (χ4v) is 2.65. The highest BCUT2D eigenvalue weighted by Gasteiger charge is 2.49. The first-order valence-electron chi connectivity index (χ1n) is 6.76. The Morgan fingerprint density at radius 2 is 2.29 bits per heavy atom. The lowest BCUT2D eigenvalue weighted by Gasteiger charge is -2.20. The molecule has 94 valence electrons. The maximum Gasteiger partial charge on any atom is 0.0300 e. The molecule has 1 N–H and O–H groups in total. The van der Waals surface area contributed by atoms with Gasteiger partial charge in [0, 0.05) is 18.4 Å². The van der Waals surface area contributed by atoms with Gasteiger partial charge in [-0.15, -0.1) is 0 Å².